The number of hydrogen-bond donors (Lipinski definition) is 1. The molecule has 0 saturated carbocycles. The fourth-order valence-corrected chi connectivity index (χ4v) is 6.71. The summed E-state index contributed by atoms with van der Waals surface area (Å²) < 4.78 is 29.7. The summed E-state index contributed by atoms with van der Waals surface area (Å²) >= 11 is 0. The average molecular weight is 640 g/mol. The Kier molecular flexibility index (Phi) is 11.4. The predicted octanol–water partition coefficient (Wildman–Crippen LogP) is 6.79. The number of amides is 2. The van der Waals surface area contributed by atoms with Gasteiger partial charge in [0.2, 0.25) is 11.8 Å². The molecular weight excluding hydrogens is 595 g/mol. The van der Waals surface area contributed by atoms with E-state index in [0.29, 0.717) is 5.69 Å². The van der Waals surface area contributed by atoms with Gasteiger partial charge in [-0.05, 0) is 80.1 Å². The first-order valence-electron chi connectivity index (χ1n) is 15.7. The van der Waals surface area contributed by atoms with Crippen LogP contribution in [-0.4, -0.2) is 43.8 Å². The topological polar surface area (TPSA) is 86.8 Å². The van der Waals surface area contributed by atoms with Gasteiger partial charge in [0.25, 0.3) is 10.0 Å². The molecule has 7 nitrogen and oxygen atoms in total. The van der Waals surface area contributed by atoms with Crippen LogP contribution in [-0.2, 0) is 32.6 Å². The molecule has 4 aromatic carbocycles. The molecule has 0 aliphatic heterocycles. The summed E-state index contributed by atoms with van der Waals surface area (Å²) in [6.45, 7) is 11.4. The lowest BCUT2D eigenvalue weighted by Crippen LogP contribution is -2.54. The normalized spacial score (nSPS) is 12.2. The van der Waals surface area contributed by atoms with Gasteiger partial charge in [0, 0.05) is 19.0 Å². The molecule has 1 atom stereocenters. The maximum atomic E-state index is 14.6. The third-order valence-electron chi connectivity index (χ3n) is 8.04. The number of hydrogen-bond acceptors (Lipinski definition) is 4. The minimum absolute atomic E-state index is 0.0858. The lowest BCUT2D eigenvalue weighted by atomic mass is 10.0. The van der Waals surface area contributed by atoms with Crippen LogP contribution in [0, 0.1) is 13.8 Å². The van der Waals surface area contributed by atoms with E-state index in [2.05, 4.69) is 19.2 Å². The molecule has 1 N–H and O–H groups in total. The molecule has 2 amide bonds. The molecule has 4 rings (SSSR count). The quantitative estimate of drug-likeness (QED) is 0.175. The highest BCUT2D eigenvalue weighted by Gasteiger charge is 2.35. The van der Waals surface area contributed by atoms with E-state index in [1.807, 2.05) is 94.4 Å². The summed E-state index contributed by atoms with van der Waals surface area (Å²) in [5.74, 6) is -0.526. The smallest absolute Gasteiger partial charge is 0.264 e. The van der Waals surface area contributed by atoms with Gasteiger partial charge < -0.3 is 10.2 Å². The Morgan fingerprint density at radius 1 is 0.761 bits per heavy atom. The van der Waals surface area contributed by atoms with Crippen molar-refractivity contribution in [3.63, 3.8) is 0 Å². The monoisotopic (exact) mass is 639 g/mol. The summed E-state index contributed by atoms with van der Waals surface area (Å²) in [7, 11) is -4.15. The third kappa shape index (κ3) is 8.63. The van der Waals surface area contributed by atoms with Gasteiger partial charge in [0.05, 0.1) is 10.6 Å². The first kappa shape index (κ1) is 34.4. The molecule has 0 unspecified atom stereocenters. The second-order valence-electron chi connectivity index (χ2n) is 12.4. The number of nitrogens with zero attached hydrogens (tertiary/aromatic N) is 2. The number of anilines is 1. The molecule has 242 valence electrons. The molecule has 8 heteroatoms. The average Bonchev–Trinajstić information content (AvgIpc) is 3.02. The molecule has 0 aliphatic rings. The van der Waals surface area contributed by atoms with Crippen LogP contribution >= 0.6 is 0 Å². The molecule has 0 aliphatic carbocycles. The first-order chi connectivity index (χ1) is 21.9. The van der Waals surface area contributed by atoms with Crippen molar-refractivity contribution < 1.29 is 18.0 Å². The molecule has 0 spiro atoms. The Hall–Kier alpha value is -4.43. The van der Waals surface area contributed by atoms with Crippen molar-refractivity contribution in [2.75, 3.05) is 10.8 Å². The van der Waals surface area contributed by atoms with Crippen LogP contribution in [0.15, 0.2) is 108 Å². The van der Waals surface area contributed by atoms with E-state index in [0.717, 1.165) is 32.1 Å². The molecule has 0 bridgehead atoms. The minimum Gasteiger partial charge on any atom is -0.352 e. The van der Waals surface area contributed by atoms with Crippen molar-refractivity contribution in [1.82, 2.24) is 10.2 Å². The molecule has 4 aromatic rings. The highest BCUT2D eigenvalue weighted by molar-refractivity contribution is 7.92. The first-order valence-corrected chi connectivity index (χ1v) is 17.2. The van der Waals surface area contributed by atoms with Gasteiger partial charge in [-0.15, -0.1) is 0 Å². The summed E-state index contributed by atoms with van der Waals surface area (Å²) in [5, 5.41) is 3.00. The largest absolute Gasteiger partial charge is 0.352 e. The van der Waals surface area contributed by atoms with Crippen LogP contribution in [0.1, 0.15) is 61.4 Å². The van der Waals surface area contributed by atoms with Crippen LogP contribution in [0.4, 0.5) is 5.69 Å². The van der Waals surface area contributed by atoms with Gasteiger partial charge in [0.1, 0.15) is 12.6 Å². The number of benzene rings is 4. The summed E-state index contributed by atoms with van der Waals surface area (Å²) in [6.07, 6.45) is 0.269. The fourth-order valence-electron chi connectivity index (χ4n) is 5.30. The van der Waals surface area contributed by atoms with Gasteiger partial charge in [0.15, 0.2) is 0 Å². The second kappa shape index (κ2) is 15.2. The maximum absolute atomic E-state index is 14.6. The minimum atomic E-state index is -4.15. The Balaban J connectivity index is 1.82. The second-order valence-corrected chi connectivity index (χ2v) is 14.3. The number of carbonyl (C=O) groups excluding carboxylic acids is 2. The van der Waals surface area contributed by atoms with Crippen LogP contribution in [0.5, 0.6) is 0 Å². The van der Waals surface area contributed by atoms with Crippen molar-refractivity contribution in [2.24, 2.45) is 0 Å². The van der Waals surface area contributed by atoms with Gasteiger partial charge >= 0.3 is 0 Å². The highest BCUT2D eigenvalue weighted by Crippen LogP contribution is 2.27. The molecular formula is C38H45N3O4S. The lowest BCUT2D eigenvalue weighted by Gasteiger charge is -2.34. The number of carbonyl (C=O) groups is 2. The van der Waals surface area contributed by atoms with Crippen LogP contribution in [0.25, 0.3) is 0 Å². The Morgan fingerprint density at radius 3 is 1.96 bits per heavy atom. The standard InChI is InChI=1S/C38H45N3O4S/c1-27(2)32-18-20-34(21-19-32)41(46(44,45)35-22-16-29(5)17-23-35)26-37(42)40(25-33-15-11-10-12-30(33)6)36(38(43)39-28(3)4)24-31-13-8-7-9-14-31/h7-23,27-28,36H,24-26H2,1-6H3,(H,39,43)/t36-/m1/s1. The Labute approximate surface area is 274 Å². The van der Waals surface area contributed by atoms with Gasteiger partial charge in [-0.3, -0.25) is 13.9 Å². The van der Waals surface area contributed by atoms with Crippen LogP contribution in [0.3, 0.4) is 0 Å². The summed E-state index contributed by atoms with van der Waals surface area (Å²) in [5.41, 5.74) is 5.09. The molecule has 0 fully saturated rings. The van der Waals surface area contributed by atoms with E-state index in [1.165, 1.54) is 4.90 Å². The van der Waals surface area contributed by atoms with Crippen molar-refractivity contribution in [3.05, 3.63) is 131 Å². The van der Waals surface area contributed by atoms with Crippen molar-refractivity contribution in [3.8, 4) is 0 Å². The molecule has 0 radical (unpaired) electrons. The van der Waals surface area contributed by atoms with Gasteiger partial charge in [-0.2, -0.15) is 0 Å². The zero-order chi connectivity index (χ0) is 33.4. The number of rotatable bonds is 13. The number of nitrogens with one attached hydrogen (secondary N) is 1. The van der Waals surface area contributed by atoms with E-state index in [4.69, 9.17) is 0 Å². The van der Waals surface area contributed by atoms with Crippen molar-refractivity contribution >= 4 is 27.5 Å². The van der Waals surface area contributed by atoms with Crippen molar-refractivity contribution in [1.29, 1.82) is 0 Å². The Bertz CT molecular complexity index is 1720. The SMILES string of the molecule is Cc1ccc(S(=O)(=O)N(CC(=O)N(Cc2ccccc2C)[C@H](Cc2ccccc2)C(=O)NC(C)C)c2ccc(C(C)C)cc2)cc1. The molecule has 46 heavy (non-hydrogen) atoms. The van der Waals surface area contributed by atoms with Crippen LogP contribution < -0.4 is 9.62 Å². The third-order valence-corrected chi connectivity index (χ3v) is 9.83. The molecule has 0 heterocycles. The van der Waals surface area contributed by atoms with E-state index in [9.17, 15) is 18.0 Å². The maximum Gasteiger partial charge on any atom is 0.264 e. The number of sulfonamides is 1. The van der Waals surface area contributed by atoms with Gasteiger partial charge in [-0.25, -0.2) is 8.42 Å². The Morgan fingerprint density at radius 2 is 1.37 bits per heavy atom. The number of aryl methyl sites for hydroxylation is 2. The molecule has 0 saturated heterocycles. The lowest BCUT2D eigenvalue weighted by molar-refractivity contribution is -0.140. The fraction of sp³-hybridized carbons (Fsp3) is 0.316. The predicted molar refractivity (Wildman–Crippen MR) is 185 cm³/mol. The zero-order valence-corrected chi connectivity index (χ0v) is 28.4. The molecule has 0 aromatic heterocycles. The zero-order valence-electron chi connectivity index (χ0n) is 27.6. The van der Waals surface area contributed by atoms with E-state index in [-0.39, 0.29) is 35.7 Å². The van der Waals surface area contributed by atoms with E-state index >= 15 is 0 Å². The summed E-state index contributed by atoms with van der Waals surface area (Å²) in [6, 6.07) is 30.1. The van der Waals surface area contributed by atoms with Gasteiger partial charge in [-0.1, -0.05) is 98.3 Å². The van der Waals surface area contributed by atoms with Crippen molar-refractivity contribution in [2.45, 2.75) is 77.4 Å². The van der Waals surface area contributed by atoms with Crippen LogP contribution in [0.2, 0.25) is 0 Å². The highest BCUT2D eigenvalue weighted by atomic mass is 32.2. The summed E-state index contributed by atoms with van der Waals surface area (Å²) in [4.78, 5) is 30.1. The van der Waals surface area contributed by atoms with E-state index in [1.54, 1.807) is 36.4 Å². The van der Waals surface area contributed by atoms with E-state index < -0.39 is 28.5 Å².